The van der Waals surface area contributed by atoms with E-state index in [4.69, 9.17) is 5.21 Å². The van der Waals surface area contributed by atoms with Crippen LogP contribution in [0.4, 0.5) is 26.2 Å². The van der Waals surface area contributed by atoms with E-state index < -0.39 is 11.6 Å². The minimum atomic E-state index is -0.734. The van der Waals surface area contributed by atoms with Gasteiger partial charge in [0.15, 0.2) is 5.69 Å². The first-order valence-electron chi connectivity index (χ1n) is 9.48. The van der Waals surface area contributed by atoms with Crippen LogP contribution in [0.1, 0.15) is 0 Å². The van der Waals surface area contributed by atoms with E-state index in [1.54, 1.807) is 35.6 Å². The van der Waals surface area contributed by atoms with E-state index in [2.05, 4.69) is 30.6 Å². The van der Waals surface area contributed by atoms with Gasteiger partial charge >= 0.3 is 0 Å². The van der Waals surface area contributed by atoms with Gasteiger partial charge in [-0.3, -0.25) is 5.21 Å². The Labute approximate surface area is 180 Å². The second kappa shape index (κ2) is 9.32. The number of nitrogens with zero attached hydrogens (tertiary/aromatic N) is 5. The normalized spacial score (nSPS) is 10.8. The molecule has 0 saturated heterocycles. The highest BCUT2D eigenvalue weighted by molar-refractivity contribution is 5.67. The van der Waals surface area contributed by atoms with Crippen molar-refractivity contribution in [3.8, 4) is 16.9 Å². The van der Waals surface area contributed by atoms with Crippen LogP contribution in [0.5, 0.6) is 0 Å². The average molecular weight is 440 g/mol. The predicted octanol–water partition coefficient (Wildman–Crippen LogP) is 2.64. The zero-order valence-electron chi connectivity index (χ0n) is 16.5. The van der Waals surface area contributed by atoms with Crippen LogP contribution < -0.4 is 20.4 Å². The average Bonchev–Trinajstić information content (AvgIpc) is 3.32. The van der Waals surface area contributed by atoms with Crippen LogP contribution in [-0.2, 0) is 0 Å². The molecule has 0 atom stereocenters. The lowest BCUT2D eigenvalue weighted by Crippen LogP contribution is -2.29. The van der Waals surface area contributed by atoms with Gasteiger partial charge in [0.25, 0.3) is 0 Å². The molecule has 12 heteroatoms. The van der Waals surface area contributed by atoms with Crippen LogP contribution in [0.2, 0.25) is 0 Å². The first-order valence-corrected chi connectivity index (χ1v) is 9.48. The van der Waals surface area contributed by atoms with Crippen LogP contribution >= 0.6 is 0 Å². The predicted molar refractivity (Wildman–Crippen MR) is 112 cm³/mol. The third kappa shape index (κ3) is 4.77. The summed E-state index contributed by atoms with van der Waals surface area (Å²) in [5.41, 5.74) is 0.962. The fourth-order valence-electron chi connectivity index (χ4n) is 2.94. The smallest absolute Gasteiger partial charge is 0.246 e. The molecule has 10 nitrogen and oxygen atoms in total. The Hall–Kier alpha value is -4.16. The van der Waals surface area contributed by atoms with Gasteiger partial charge in [-0.1, -0.05) is 0 Å². The Morgan fingerprint density at radius 2 is 1.94 bits per heavy atom. The number of nitrogens with one attached hydrogen (secondary N) is 3. The topological polar surface area (TPSA) is 129 Å². The van der Waals surface area contributed by atoms with Crippen LogP contribution in [0.25, 0.3) is 16.9 Å². The summed E-state index contributed by atoms with van der Waals surface area (Å²) in [7, 11) is 0. The van der Waals surface area contributed by atoms with Crippen LogP contribution in [0.15, 0.2) is 61.4 Å². The summed E-state index contributed by atoms with van der Waals surface area (Å²) in [5, 5.41) is 25.4. The Kier molecular flexibility index (Phi) is 6.14. The van der Waals surface area contributed by atoms with Crippen molar-refractivity contribution in [3.05, 3.63) is 78.3 Å². The molecule has 164 valence electrons. The number of pyridine rings is 1. The van der Waals surface area contributed by atoms with Gasteiger partial charge in [-0.15, -0.1) is 0 Å². The first-order chi connectivity index (χ1) is 15.5. The second-order valence-electron chi connectivity index (χ2n) is 6.60. The zero-order chi connectivity index (χ0) is 22.5. The molecule has 0 saturated carbocycles. The van der Waals surface area contributed by atoms with Crippen molar-refractivity contribution in [2.45, 2.75) is 0 Å². The van der Waals surface area contributed by atoms with Gasteiger partial charge in [-0.25, -0.2) is 28.7 Å². The van der Waals surface area contributed by atoms with Crippen molar-refractivity contribution >= 4 is 17.5 Å². The van der Waals surface area contributed by atoms with Crippen LogP contribution in [0.3, 0.4) is 0 Å². The summed E-state index contributed by atoms with van der Waals surface area (Å²) in [6.07, 6.45) is 7.84. The molecular weight excluding hydrogens is 422 g/mol. The van der Waals surface area contributed by atoms with Gasteiger partial charge in [0, 0.05) is 24.7 Å². The molecule has 0 aliphatic heterocycles. The highest BCUT2D eigenvalue weighted by atomic mass is 19.1. The molecule has 1 aromatic carbocycles. The molecule has 0 bridgehead atoms. The molecule has 0 spiro atoms. The lowest BCUT2D eigenvalue weighted by molar-refractivity contribution is -0.593. The number of H-pyrrole nitrogens is 1. The number of imidazole rings is 1. The fourth-order valence-corrected chi connectivity index (χ4v) is 2.94. The first kappa shape index (κ1) is 21.1. The van der Waals surface area contributed by atoms with Crippen molar-refractivity contribution < 1.29 is 18.6 Å². The summed E-state index contributed by atoms with van der Waals surface area (Å²) in [6.45, 7) is 0.837. The number of aromatic nitrogens is 5. The van der Waals surface area contributed by atoms with E-state index in [9.17, 15) is 14.0 Å². The number of aromatic amines is 1. The lowest BCUT2D eigenvalue weighted by atomic mass is 10.1. The summed E-state index contributed by atoms with van der Waals surface area (Å²) in [6, 6.07) is 6.27. The monoisotopic (exact) mass is 440 g/mol. The molecule has 0 fully saturated rings. The van der Waals surface area contributed by atoms with Gasteiger partial charge < -0.3 is 21.1 Å². The highest BCUT2D eigenvalue weighted by Crippen LogP contribution is 2.26. The third-order valence-corrected chi connectivity index (χ3v) is 4.46. The molecular formula is C20H18F2N8O2. The van der Waals surface area contributed by atoms with Gasteiger partial charge in [-0.2, -0.15) is 4.57 Å². The molecule has 3 aromatic heterocycles. The van der Waals surface area contributed by atoms with Gasteiger partial charge in [0.1, 0.15) is 35.5 Å². The van der Waals surface area contributed by atoms with Gasteiger partial charge in [-0.05, 0) is 24.3 Å². The summed E-state index contributed by atoms with van der Waals surface area (Å²) in [4.78, 5) is 15.6. The molecule has 4 rings (SSSR count). The fraction of sp³-hybridized carbons (Fsp3) is 0.100. The van der Waals surface area contributed by atoms with Crippen LogP contribution in [0, 0.1) is 16.8 Å². The van der Waals surface area contributed by atoms with E-state index in [0.29, 0.717) is 30.3 Å². The Morgan fingerprint density at radius 3 is 2.62 bits per heavy atom. The molecule has 0 radical (unpaired) electrons. The zero-order valence-corrected chi connectivity index (χ0v) is 16.5. The van der Waals surface area contributed by atoms with Crippen molar-refractivity contribution in [1.29, 1.82) is 0 Å². The van der Waals surface area contributed by atoms with E-state index in [-0.39, 0.29) is 22.4 Å². The molecule has 4 N–H and O–H groups in total. The number of anilines is 3. The van der Waals surface area contributed by atoms with Crippen molar-refractivity contribution in [2.75, 3.05) is 28.9 Å². The minimum Gasteiger partial charge on any atom is -0.733 e. The molecule has 32 heavy (non-hydrogen) atoms. The number of benzene rings is 1. The van der Waals surface area contributed by atoms with E-state index in [1.807, 2.05) is 0 Å². The maximum atomic E-state index is 14.5. The largest absolute Gasteiger partial charge is 0.733 e. The number of hydrogen-bond donors (Lipinski definition) is 4. The Bertz CT molecular complexity index is 1190. The number of hydrogen-bond acceptors (Lipinski definition) is 8. The van der Waals surface area contributed by atoms with Crippen molar-refractivity contribution in [1.82, 2.24) is 19.9 Å². The highest BCUT2D eigenvalue weighted by Gasteiger charge is 2.18. The molecule has 0 aliphatic carbocycles. The third-order valence-electron chi connectivity index (χ3n) is 4.46. The summed E-state index contributed by atoms with van der Waals surface area (Å²) in [5.74, 6) is -0.644. The van der Waals surface area contributed by atoms with E-state index >= 15 is 0 Å². The summed E-state index contributed by atoms with van der Waals surface area (Å²) >= 11 is 0. The number of halogens is 2. The molecule has 3 heterocycles. The lowest BCUT2D eigenvalue weighted by Gasteiger charge is -2.20. The minimum absolute atomic E-state index is 0.0167. The Balaban J connectivity index is 1.48. The van der Waals surface area contributed by atoms with Crippen molar-refractivity contribution in [3.63, 3.8) is 0 Å². The molecule has 4 aromatic rings. The van der Waals surface area contributed by atoms with Gasteiger partial charge in [0.2, 0.25) is 12.3 Å². The maximum absolute atomic E-state index is 14.5. The second-order valence-corrected chi connectivity index (χ2v) is 6.60. The number of rotatable bonds is 8. The summed E-state index contributed by atoms with van der Waals surface area (Å²) < 4.78 is 29.5. The van der Waals surface area contributed by atoms with Crippen LogP contribution in [-0.4, -0.2) is 38.2 Å². The quantitative estimate of drug-likeness (QED) is 0.187. The van der Waals surface area contributed by atoms with E-state index in [0.717, 1.165) is 6.07 Å². The maximum Gasteiger partial charge on any atom is 0.246 e. The van der Waals surface area contributed by atoms with Gasteiger partial charge in [0.05, 0.1) is 18.1 Å². The standard InChI is InChI=1S/C20H17F2N8O2/c21-13-1-3-15(16(22)9-13)19-17(29-8-7-23-12-29)11-27-20(28-19)25-6-5-24-18-4-2-14(10-26-18)30(31)32/h1-4,7-12,31H,5-6H2,(H2,24,25,26,27,28)/q-1/p+1. The van der Waals surface area contributed by atoms with E-state index in [1.165, 1.54) is 24.4 Å². The molecule has 0 unspecified atom stereocenters. The molecule has 0 aliphatic rings. The molecule has 0 amide bonds. The van der Waals surface area contributed by atoms with Crippen molar-refractivity contribution in [2.24, 2.45) is 0 Å². The SMILES string of the molecule is [O-]N(O)c1ccc(NCCNc2ncc(-[n+]3cc[nH]c3)c(-c3ccc(F)cc3F)n2)nc1. The Morgan fingerprint density at radius 1 is 1.09 bits per heavy atom.